The van der Waals surface area contributed by atoms with Crippen molar-refractivity contribution in [1.82, 2.24) is 9.71 Å². The number of aryl methyl sites for hydroxylation is 1. The summed E-state index contributed by atoms with van der Waals surface area (Å²) in [5, 5.41) is 3.42. The van der Waals surface area contributed by atoms with E-state index in [0.29, 0.717) is 11.4 Å². The molecular formula is C12H12Cl2N2O2S2. The van der Waals surface area contributed by atoms with Crippen LogP contribution in [0.4, 0.5) is 0 Å². The predicted molar refractivity (Wildman–Crippen MR) is 82.2 cm³/mol. The summed E-state index contributed by atoms with van der Waals surface area (Å²) in [4.78, 5) is 4.37. The maximum Gasteiger partial charge on any atom is 0.240 e. The van der Waals surface area contributed by atoms with Gasteiger partial charge in [0.25, 0.3) is 0 Å². The van der Waals surface area contributed by atoms with Gasteiger partial charge in [0.15, 0.2) is 0 Å². The molecule has 0 saturated heterocycles. The summed E-state index contributed by atoms with van der Waals surface area (Å²) in [6.07, 6.45) is 0.547. The first kappa shape index (κ1) is 15.7. The Morgan fingerprint density at radius 1 is 1.30 bits per heavy atom. The molecule has 0 aliphatic rings. The van der Waals surface area contributed by atoms with Gasteiger partial charge in [-0.2, -0.15) is 0 Å². The highest BCUT2D eigenvalue weighted by Gasteiger charge is 2.15. The van der Waals surface area contributed by atoms with Gasteiger partial charge in [-0.15, -0.1) is 11.3 Å². The monoisotopic (exact) mass is 350 g/mol. The van der Waals surface area contributed by atoms with E-state index >= 15 is 0 Å². The standard InChI is InChI=1S/C12H12Cl2N2O2S2/c1-8-16-9(7-19-8)4-5-15-20(17,18)10-2-3-11(13)12(14)6-10/h2-3,6-7,15H,4-5H2,1H3. The molecule has 0 spiro atoms. The van der Waals surface area contributed by atoms with Gasteiger partial charge in [0, 0.05) is 18.3 Å². The van der Waals surface area contributed by atoms with Crippen LogP contribution in [0.2, 0.25) is 10.0 Å². The van der Waals surface area contributed by atoms with E-state index < -0.39 is 10.0 Å². The van der Waals surface area contributed by atoms with Crippen molar-refractivity contribution in [1.29, 1.82) is 0 Å². The Hall–Kier alpha value is -0.660. The molecule has 20 heavy (non-hydrogen) atoms. The topological polar surface area (TPSA) is 59.1 Å². The number of nitrogens with zero attached hydrogens (tertiary/aromatic N) is 1. The van der Waals surface area contributed by atoms with Crippen LogP contribution in [0.3, 0.4) is 0 Å². The first-order chi connectivity index (χ1) is 9.38. The Morgan fingerprint density at radius 3 is 2.65 bits per heavy atom. The van der Waals surface area contributed by atoms with Crippen molar-refractivity contribution < 1.29 is 8.42 Å². The Labute approximate surface area is 131 Å². The summed E-state index contributed by atoms with van der Waals surface area (Å²) in [5.41, 5.74) is 0.879. The third-order valence-electron chi connectivity index (χ3n) is 2.54. The van der Waals surface area contributed by atoms with Gasteiger partial charge in [0.2, 0.25) is 10.0 Å². The number of rotatable bonds is 5. The molecule has 1 aromatic heterocycles. The zero-order valence-electron chi connectivity index (χ0n) is 10.6. The molecule has 0 radical (unpaired) electrons. The summed E-state index contributed by atoms with van der Waals surface area (Å²) in [7, 11) is -3.58. The van der Waals surface area contributed by atoms with Crippen LogP contribution >= 0.6 is 34.5 Å². The van der Waals surface area contributed by atoms with E-state index in [4.69, 9.17) is 23.2 Å². The summed E-state index contributed by atoms with van der Waals surface area (Å²) < 4.78 is 26.6. The Bertz CT molecular complexity index is 714. The molecule has 2 rings (SSSR count). The fourth-order valence-corrected chi connectivity index (χ4v) is 3.63. The van der Waals surface area contributed by atoms with E-state index in [1.807, 2.05) is 12.3 Å². The van der Waals surface area contributed by atoms with E-state index in [-0.39, 0.29) is 16.5 Å². The van der Waals surface area contributed by atoms with Crippen LogP contribution in [-0.2, 0) is 16.4 Å². The van der Waals surface area contributed by atoms with Gasteiger partial charge >= 0.3 is 0 Å². The van der Waals surface area contributed by atoms with Crippen LogP contribution in [-0.4, -0.2) is 19.9 Å². The van der Waals surface area contributed by atoms with E-state index in [1.165, 1.54) is 18.2 Å². The summed E-state index contributed by atoms with van der Waals surface area (Å²) in [5.74, 6) is 0. The molecule has 0 aliphatic heterocycles. The molecule has 8 heteroatoms. The molecule has 1 aromatic carbocycles. The minimum atomic E-state index is -3.58. The SMILES string of the molecule is Cc1nc(CCNS(=O)(=O)c2ccc(Cl)c(Cl)c2)cs1. The zero-order chi connectivity index (χ0) is 14.8. The van der Waals surface area contributed by atoms with Crippen LogP contribution in [0, 0.1) is 6.92 Å². The van der Waals surface area contributed by atoms with E-state index in [9.17, 15) is 8.42 Å². The summed E-state index contributed by atoms with van der Waals surface area (Å²) in [6.45, 7) is 2.19. The number of sulfonamides is 1. The van der Waals surface area contributed by atoms with Crippen molar-refractivity contribution in [2.24, 2.45) is 0 Å². The van der Waals surface area contributed by atoms with Gasteiger partial charge in [-0.25, -0.2) is 18.1 Å². The molecule has 4 nitrogen and oxygen atoms in total. The number of hydrogen-bond donors (Lipinski definition) is 1. The number of nitrogens with one attached hydrogen (secondary N) is 1. The lowest BCUT2D eigenvalue weighted by atomic mass is 10.3. The van der Waals surface area contributed by atoms with Crippen molar-refractivity contribution in [3.63, 3.8) is 0 Å². The van der Waals surface area contributed by atoms with Gasteiger partial charge < -0.3 is 0 Å². The molecule has 0 fully saturated rings. The highest BCUT2D eigenvalue weighted by molar-refractivity contribution is 7.89. The average molecular weight is 351 g/mol. The van der Waals surface area contributed by atoms with E-state index in [1.54, 1.807) is 11.3 Å². The Kier molecular flexibility index (Phi) is 5.04. The minimum Gasteiger partial charge on any atom is -0.247 e. The lowest BCUT2D eigenvalue weighted by molar-refractivity contribution is 0.581. The molecule has 0 aliphatic carbocycles. The molecule has 0 saturated carbocycles. The van der Waals surface area contributed by atoms with E-state index in [2.05, 4.69) is 9.71 Å². The highest BCUT2D eigenvalue weighted by atomic mass is 35.5. The maximum atomic E-state index is 12.1. The zero-order valence-corrected chi connectivity index (χ0v) is 13.7. The number of halogens is 2. The molecule has 0 unspecified atom stereocenters. The predicted octanol–water partition coefficient (Wildman–Crippen LogP) is 3.28. The van der Waals surface area contributed by atoms with Crippen molar-refractivity contribution in [3.05, 3.63) is 44.3 Å². The molecule has 0 atom stereocenters. The highest BCUT2D eigenvalue weighted by Crippen LogP contribution is 2.24. The maximum absolute atomic E-state index is 12.1. The minimum absolute atomic E-state index is 0.0985. The molecule has 0 amide bonds. The normalized spacial score (nSPS) is 11.8. The number of hydrogen-bond acceptors (Lipinski definition) is 4. The van der Waals surface area contributed by atoms with Gasteiger partial charge in [-0.3, -0.25) is 0 Å². The van der Waals surface area contributed by atoms with E-state index in [0.717, 1.165) is 10.7 Å². The van der Waals surface area contributed by atoms with Crippen LogP contribution in [0.1, 0.15) is 10.7 Å². The third-order valence-corrected chi connectivity index (χ3v) is 5.56. The average Bonchev–Trinajstić information content (AvgIpc) is 2.78. The lowest BCUT2D eigenvalue weighted by Gasteiger charge is -2.07. The van der Waals surface area contributed by atoms with Gasteiger partial charge in [0.1, 0.15) is 0 Å². The summed E-state index contributed by atoms with van der Waals surface area (Å²) >= 11 is 13.1. The fourth-order valence-electron chi connectivity index (χ4n) is 1.56. The summed E-state index contributed by atoms with van der Waals surface area (Å²) in [6, 6.07) is 4.21. The quantitative estimate of drug-likeness (QED) is 0.899. The van der Waals surface area contributed by atoms with Crippen LogP contribution in [0.15, 0.2) is 28.5 Å². The van der Waals surface area contributed by atoms with Crippen molar-refractivity contribution >= 4 is 44.6 Å². The Balaban J connectivity index is 2.02. The second kappa shape index (κ2) is 6.41. The van der Waals surface area contributed by atoms with Gasteiger partial charge in [-0.05, 0) is 25.1 Å². The molecule has 1 N–H and O–H groups in total. The Morgan fingerprint density at radius 2 is 2.05 bits per heavy atom. The van der Waals surface area contributed by atoms with Crippen molar-refractivity contribution in [3.8, 4) is 0 Å². The number of benzene rings is 1. The van der Waals surface area contributed by atoms with Crippen LogP contribution in [0.5, 0.6) is 0 Å². The lowest BCUT2D eigenvalue weighted by Crippen LogP contribution is -2.26. The largest absolute Gasteiger partial charge is 0.247 e. The van der Waals surface area contributed by atoms with Crippen LogP contribution in [0.25, 0.3) is 0 Å². The smallest absolute Gasteiger partial charge is 0.240 e. The van der Waals surface area contributed by atoms with Gasteiger partial charge in [-0.1, -0.05) is 23.2 Å². The van der Waals surface area contributed by atoms with Crippen molar-refractivity contribution in [2.75, 3.05) is 6.54 Å². The second-order valence-corrected chi connectivity index (χ2v) is 7.73. The third kappa shape index (κ3) is 3.93. The number of aromatic nitrogens is 1. The van der Waals surface area contributed by atoms with Gasteiger partial charge in [0.05, 0.1) is 25.6 Å². The number of thiazole rings is 1. The first-order valence-corrected chi connectivity index (χ1v) is 8.86. The fraction of sp³-hybridized carbons (Fsp3) is 0.250. The first-order valence-electron chi connectivity index (χ1n) is 5.74. The molecule has 108 valence electrons. The van der Waals surface area contributed by atoms with Crippen molar-refractivity contribution in [2.45, 2.75) is 18.2 Å². The second-order valence-electron chi connectivity index (χ2n) is 4.08. The van der Waals surface area contributed by atoms with Crippen LogP contribution < -0.4 is 4.72 Å². The molecule has 2 aromatic rings. The molecule has 0 bridgehead atoms. The molecule has 1 heterocycles. The molecular weight excluding hydrogens is 339 g/mol.